The number of carbonyl (C=O) groups excluding carboxylic acids is 2. The van der Waals surface area contributed by atoms with Gasteiger partial charge in [0, 0.05) is 19.5 Å². The van der Waals surface area contributed by atoms with Gasteiger partial charge < -0.3 is 10.2 Å². The maximum Gasteiger partial charge on any atom is 0.243 e. The van der Waals surface area contributed by atoms with Gasteiger partial charge in [-0.25, -0.2) is 4.39 Å². The molecule has 0 fully saturated rings. The molecular weight excluding hydrogens is 319 g/mol. The SMILES string of the molecule is CCN(C=O)C(Cc1ccc(F)cc1)C(=O)NCCc1ccccc1. The number of likely N-dealkylation sites (N-methyl/N-ethyl adjacent to an activating group) is 1. The van der Waals surface area contributed by atoms with Crippen LogP contribution in [0, 0.1) is 5.82 Å². The van der Waals surface area contributed by atoms with Gasteiger partial charge in [0.1, 0.15) is 11.9 Å². The predicted octanol–water partition coefficient (Wildman–Crippen LogP) is 2.57. The van der Waals surface area contributed by atoms with Crippen LogP contribution in [0.15, 0.2) is 54.6 Å². The number of halogens is 1. The molecule has 0 saturated carbocycles. The van der Waals surface area contributed by atoms with Crippen molar-refractivity contribution in [3.8, 4) is 0 Å². The summed E-state index contributed by atoms with van der Waals surface area (Å²) in [5.74, 6) is -0.524. The number of rotatable bonds is 9. The fourth-order valence-electron chi connectivity index (χ4n) is 2.67. The lowest BCUT2D eigenvalue weighted by atomic mass is 10.0. The minimum absolute atomic E-state index is 0.200. The highest BCUT2D eigenvalue weighted by Crippen LogP contribution is 2.10. The van der Waals surface area contributed by atoms with Gasteiger partial charge in [0.25, 0.3) is 0 Å². The van der Waals surface area contributed by atoms with Crippen LogP contribution in [-0.4, -0.2) is 36.3 Å². The van der Waals surface area contributed by atoms with Gasteiger partial charge in [-0.2, -0.15) is 0 Å². The van der Waals surface area contributed by atoms with Gasteiger partial charge in [0.2, 0.25) is 12.3 Å². The standard InChI is InChI=1S/C20H23FN2O2/c1-2-23(15-24)19(14-17-8-10-18(21)11-9-17)20(25)22-13-12-16-6-4-3-5-7-16/h3-11,15,19H,2,12-14H2,1H3,(H,22,25). The Balaban J connectivity index is 1.99. The molecule has 2 aromatic rings. The number of benzene rings is 2. The van der Waals surface area contributed by atoms with Gasteiger partial charge in [0.05, 0.1) is 0 Å². The number of hydrogen-bond acceptors (Lipinski definition) is 2. The first-order valence-corrected chi connectivity index (χ1v) is 8.41. The first-order chi connectivity index (χ1) is 12.1. The molecule has 0 saturated heterocycles. The Morgan fingerprint density at radius 1 is 1.12 bits per heavy atom. The molecule has 132 valence electrons. The molecule has 2 rings (SSSR count). The smallest absolute Gasteiger partial charge is 0.243 e. The lowest BCUT2D eigenvalue weighted by Gasteiger charge is -2.26. The third kappa shape index (κ3) is 5.71. The highest BCUT2D eigenvalue weighted by atomic mass is 19.1. The van der Waals surface area contributed by atoms with Crippen LogP contribution in [0.4, 0.5) is 4.39 Å². The quantitative estimate of drug-likeness (QED) is 0.712. The van der Waals surface area contributed by atoms with Crippen molar-refractivity contribution in [1.29, 1.82) is 0 Å². The Kier molecular flexibility index (Phi) is 7.14. The monoisotopic (exact) mass is 342 g/mol. The van der Waals surface area contributed by atoms with Crippen molar-refractivity contribution in [2.45, 2.75) is 25.8 Å². The van der Waals surface area contributed by atoms with Crippen LogP contribution in [0.5, 0.6) is 0 Å². The molecule has 0 radical (unpaired) electrons. The predicted molar refractivity (Wildman–Crippen MR) is 95.5 cm³/mol. The molecule has 4 nitrogen and oxygen atoms in total. The van der Waals surface area contributed by atoms with E-state index in [0.717, 1.165) is 17.5 Å². The molecule has 1 unspecified atom stereocenters. The fraction of sp³-hybridized carbons (Fsp3) is 0.300. The van der Waals surface area contributed by atoms with E-state index >= 15 is 0 Å². The van der Waals surface area contributed by atoms with Crippen molar-refractivity contribution in [2.75, 3.05) is 13.1 Å². The summed E-state index contributed by atoms with van der Waals surface area (Å²) in [7, 11) is 0. The number of nitrogens with one attached hydrogen (secondary N) is 1. The summed E-state index contributed by atoms with van der Waals surface area (Å²) >= 11 is 0. The van der Waals surface area contributed by atoms with Crippen molar-refractivity contribution in [1.82, 2.24) is 10.2 Å². The van der Waals surface area contributed by atoms with Crippen molar-refractivity contribution < 1.29 is 14.0 Å². The molecule has 5 heteroatoms. The molecule has 0 bridgehead atoms. The van der Waals surface area contributed by atoms with Crippen LogP contribution in [0.1, 0.15) is 18.1 Å². The molecule has 0 heterocycles. The largest absolute Gasteiger partial charge is 0.354 e. The van der Waals surface area contributed by atoms with Gasteiger partial charge >= 0.3 is 0 Å². The van der Waals surface area contributed by atoms with Gasteiger partial charge in [-0.1, -0.05) is 42.5 Å². The fourth-order valence-corrected chi connectivity index (χ4v) is 2.67. The van der Waals surface area contributed by atoms with E-state index < -0.39 is 6.04 Å². The Labute approximate surface area is 147 Å². The summed E-state index contributed by atoms with van der Waals surface area (Å²) in [4.78, 5) is 25.3. The zero-order valence-corrected chi connectivity index (χ0v) is 14.3. The summed E-state index contributed by atoms with van der Waals surface area (Å²) in [6.45, 7) is 2.75. The summed E-state index contributed by atoms with van der Waals surface area (Å²) in [6.07, 6.45) is 1.76. The van der Waals surface area contributed by atoms with Crippen molar-refractivity contribution >= 4 is 12.3 Å². The second kappa shape index (κ2) is 9.57. The number of hydrogen-bond donors (Lipinski definition) is 1. The Hall–Kier alpha value is -2.69. The first-order valence-electron chi connectivity index (χ1n) is 8.41. The maximum atomic E-state index is 13.1. The molecule has 0 spiro atoms. The highest BCUT2D eigenvalue weighted by molar-refractivity contribution is 5.84. The Morgan fingerprint density at radius 2 is 1.80 bits per heavy atom. The van der Waals surface area contributed by atoms with Gasteiger partial charge in [-0.3, -0.25) is 9.59 Å². The molecule has 0 aliphatic heterocycles. The van der Waals surface area contributed by atoms with E-state index in [1.807, 2.05) is 37.3 Å². The van der Waals surface area contributed by atoms with E-state index in [-0.39, 0.29) is 11.7 Å². The molecule has 2 amide bonds. The van der Waals surface area contributed by atoms with Crippen LogP contribution in [-0.2, 0) is 22.4 Å². The van der Waals surface area contributed by atoms with Gasteiger partial charge in [-0.15, -0.1) is 0 Å². The average Bonchev–Trinajstić information content (AvgIpc) is 2.64. The zero-order chi connectivity index (χ0) is 18.1. The molecule has 25 heavy (non-hydrogen) atoms. The number of nitrogens with zero attached hydrogens (tertiary/aromatic N) is 1. The van der Waals surface area contributed by atoms with Crippen LogP contribution in [0.25, 0.3) is 0 Å². The summed E-state index contributed by atoms with van der Waals surface area (Å²) in [5, 5.41) is 2.90. The van der Waals surface area contributed by atoms with Crippen molar-refractivity contribution in [2.24, 2.45) is 0 Å². The molecule has 0 aromatic heterocycles. The van der Waals surface area contributed by atoms with E-state index in [2.05, 4.69) is 5.32 Å². The van der Waals surface area contributed by atoms with Crippen molar-refractivity contribution in [3.05, 3.63) is 71.5 Å². The first kappa shape index (κ1) is 18.6. The Bertz CT molecular complexity index is 674. The number of carbonyl (C=O) groups is 2. The van der Waals surface area contributed by atoms with E-state index in [1.165, 1.54) is 17.0 Å². The molecule has 1 atom stereocenters. The second-order valence-corrected chi connectivity index (χ2v) is 5.81. The highest BCUT2D eigenvalue weighted by Gasteiger charge is 2.24. The van der Waals surface area contributed by atoms with Gasteiger partial charge in [0.15, 0.2) is 0 Å². The lowest BCUT2D eigenvalue weighted by Crippen LogP contribution is -2.48. The molecule has 1 N–H and O–H groups in total. The lowest BCUT2D eigenvalue weighted by molar-refractivity contribution is -0.132. The zero-order valence-electron chi connectivity index (χ0n) is 14.3. The molecule has 2 aromatic carbocycles. The Morgan fingerprint density at radius 3 is 2.40 bits per heavy atom. The normalized spacial score (nSPS) is 11.6. The topological polar surface area (TPSA) is 49.4 Å². The van der Waals surface area contributed by atoms with Crippen LogP contribution in [0.3, 0.4) is 0 Å². The van der Waals surface area contributed by atoms with E-state index in [9.17, 15) is 14.0 Å². The molecule has 0 aliphatic rings. The minimum Gasteiger partial charge on any atom is -0.354 e. The van der Waals surface area contributed by atoms with Crippen molar-refractivity contribution in [3.63, 3.8) is 0 Å². The third-order valence-electron chi connectivity index (χ3n) is 4.10. The average molecular weight is 342 g/mol. The van der Waals surface area contributed by atoms with E-state index in [1.54, 1.807) is 12.1 Å². The van der Waals surface area contributed by atoms with Gasteiger partial charge in [-0.05, 0) is 36.6 Å². The second-order valence-electron chi connectivity index (χ2n) is 5.81. The van der Waals surface area contributed by atoms with Crippen LogP contribution < -0.4 is 5.32 Å². The minimum atomic E-state index is -0.608. The van der Waals surface area contributed by atoms with E-state index in [4.69, 9.17) is 0 Å². The third-order valence-corrected chi connectivity index (χ3v) is 4.10. The number of amides is 2. The summed E-state index contributed by atoms with van der Waals surface area (Å²) < 4.78 is 13.1. The summed E-state index contributed by atoms with van der Waals surface area (Å²) in [5.41, 5.74) is 1.95. The molecule has 0 aliphatic carbocycles. The maximum absolute atomic E-state index is 13.1. The van der Waals surface area contributed by atoms with Crippen LogP contribution in [0.2, 0.25) is 0 Å². The summed E-state index contributed by atoms with van der Waals surface area (Å²) in [6, 6.07) is 15.3. The van der Waals surface area contributed by atoms with E-state index in [0.29, 0.717) is 25.9 Å². The van der Waals surface area contributed by atoms with Crippen LogP contribution >= 0.6 is 0 Å². The molecular formula is C20H23FN2O2.